The summed E-state index contributed by atoms with van der Waals surface area (Å²) in [5.41, 5.74) is 1.39. The third-order valence-corrected chi connectivity index (χ3v) is 3.37. The minimum Gasteiger partial charge on any atom is -0.370 e. The zero-order valence-electron chi connectivity index (χ0n) is 8.13. The average Bonchev–Trinajstić information content (AvgIpc) is 2.23. The number of ether oxygens (including phenoxy) is 1. The molecule has 2 nitrogen and oxygen atoms in total. The highest BCUT2D eigenvalue weighted by molar-refractivity contribution is 9.10. The predicted octanol–water partition coefficient (Wildman–Crippen LogP) is 0.864. The summed E-state index contributed by atoms with van der Waals surface area (Å²) in [6.07, 6.45) is 0. The van der Waals surface area contributed by atoms with Crippen LogP contribution in [0.4, 0.5) is 0 Å². The van der Waals surface area contributed by atoms with Crippen LogP contribution in [0.2, 0.25) is 0 Å². The van der Waals surface area contributed by atoms with E-state index < -0.39 is 0 Å². The maximum Gasteiger partial charge on any atom is 0.104 e. The molecule has 0 amide bonds. The van der Waals surface area contributed by atoms with Crippen molar-refractivity contribution in [3.8, 4) is 0 Å². The maximum absolute atomic E-state index is 5.34. The summed E-state index contributed by atoms with van der Waals surface area (Å²) in [7, 11) is 0. The first-order valence-electron chi connectivity index (χ1n) is 5.01. The van der Waals surface area contributed by atoms with Gasteiger partial charge in [0.1, 0.15) is 19.6 Å². The highest BCUT2D eigenvalue weighted by atomic mass is 79.9. The van der Waals surface area contributed by atoms with Gasteiger partial charge in [-0.15, -0.1) is 0 Å². The second-order valence-electron chi connectivity index (χ2n) is 3.63. The second kappa shape index (κ2) is 4.91. The van der Waals surface area contributed by atoms with Gasteiger partial charge in [-0.2, -0.15) is 0 Å². The second-order valence-corrected chi connectivity index (χ2v) is 4.48. The summed E-state index contributed by atoms with van der Waals surface area (Å²) in [6, 6.07) is 8.45. The van der Waals surface area contributed by atoms with Crippen molar-refractivity contribution in [3.05, 3.63) is 34.3 Å². The highest BCUT2D eigenvalue weighted by Gasteiger charge is 2.14. The zero-order valence-corrected chi connectivity index (χ0v) is 9.72. The lowest BCUT2D eigenvalue weighted by atomic mass is 10.2. The fourth-order valence-electron chi connectivity index (χ4n) is 1.75. The van der Waals surface area contributed by atoms with Crippen LogP contribution in [0.15, 0.2) is 28.7 Å². The monoisotopic (exact) mass is 256 g/mol. The molecule has 0 spiro atoms. The van der Waals surface area contributed by atoms with Crippen LogP contribution < -0.4 is 4.90 Å². The summed E-state index contributed by atoms with van der Waals surface area (Å²) < 4.78 is 6.56. The summed E-state index contributed by atoms with van der Waals surface area (Å²) in [5.74, 6) is 0. The van der Waals surface area contributed by atoms with Crippen LogP contribution in [0.3, 0.4) is 0 Å². The van der Waals surface area contributed by atoms with Gasteiger partial charge < -0.3 is 9.64 Å². The number of morpholine rings is 1. The van der Waals surface area contributed by atoms with Crippen LogP contribution in [-0.2, 0) is 11.3 Å². The molecule has 0 atom stereocenters. The standard InChI is InChI=1S/C11H14BrNO/c12-11-4-2-1-3-10(11)9-13-5-7-14-8-6-13/h1-4H,5-9H2/p+1. The van der Waals surface area contributed by atoms with Crippen LogP contribution in [-0.4, -0.2) is 26.3 Å². The average molecular weight is 257 g/mol. The molecule has 2 rings (SSSR count). The summed E-state index contributed by atoms with van der Waals surface area (Å²) in [5, 5.41) is 0. The van der Waals surface area contributed by atoms with Crippen molar-refractivity contribution >= 4 is 15.9 Å². The first kappa shape index (κ1) is 10.1. The third kappa shape index (κ3) is 2.56. The van der Waals surface area contributed by atoms with Gasteiger partial charge in [-0.3, -0.25) is 0 Å². The molecule has 0 aliphatic carbocycles. The van der Waals surface area contributed by atoms with E-state index in [-0.39, 0.29) is 0 Å². The van der Waals surface area contributed by atoms with E-state index in [1.54, 1.807) is 4.90 Å². The Kier molecular flexibility index (Phi) is 3.56. The van der Waals surface area contributed by atoms with E-state index in [1.807, 2.05) is 0 Å². The quantitative estimate of drug-likeness (QED) is 0.829. The molecular formula is C11H15BrNO+. The van der Waals surface area contributed by atoms with Gasteiger partial charge in [0.2, 0.25) is 0 Å². The van der Waals surface area contributed by atoms with Crippen molar-refractivity contribution in [2.75, 3.05) is 26.3 Å². The molecule has 1 saturated heterocycles. The molecule has 1 aromatic rings. The molecular weight excluding hydrogens is 242 g/mol. The number of rotatable bonds is 2. The van der Waals surface area contributed by atoms with Crippen molar-refractivity contribution in [1.29, 1.82) is 0 Å². The minimum atomic E-state index is 0.903. The molecule has 0 unspecified atom stereocenters. The van der Waals surface area contributed by atoms with Gasteiger partial charge in [0, 0.05) is 10.0 Å². The lowest BCUT2D eigenvalue weighted by Gasteiger charge is -2.24. The molecule has 76 valence electrons. The Labute approximate surface area is 93.0 Å². The van der Waals surface area contributed by atoms with Crippen molar-refractivity contribution in [2.24, 2.45) is 0 Å². The molecule has 14 heavy (non-hydrogen) atoms. The van der Waals surface area contributed by atoms with E-state index in [1.165, 1.54) is 10.0 Å². The Balaban J connectivity index is 1.99. The molecule has 0 aromatic heterocycles. The van der Waals surface area contributed by atoms with Crippen molar-refractivity contribution in [1.82, 2.24) is 0 Å². The largest absolute Gasteiger partial charge is 0.370 e. The topological polar surface area (TPSA) is 13.7 Å². The minimum absolute atomic E-state index is 0.903. The van der Waals surface area contributed by atoms with Gasteiger partial charge in [0.25, 0.3) is 0 Å². The fourth-order valence-corrected chi connectivity index (χ4v) is 2.17. The first-order valence-corrected chi connectivity index (χ1v) is 5.80. The van der Waals surface area contributed by atoms with Gasteiger partial charge in [-0.05, 0) is 6.07 Å². The van der Waals surface area contributed by atoms with Crippen molar-refractivity contribution in [3.63, 3.8) is 0 Å². The molecule has 1 fully saturated rings. The Morgan fingerprint density at radius 1 is 1.21 bits per heavy atom. The molecule has 0 bridgehead atoms. The van der Waals surface area contributed by atoms with E-state index in [0.29, 0.717) is 0 Å². The van der Waals surface area contributed by atoms with Gasteiger partial charge in [0.15, 0.2) is 0 Å². The van der Waals surface area contributed by atoms with E-state index >= 15 is 0 Å². The van der Waals surface area contributed by atoms with Gasteiger partial charge in [-0.1, -0.05) is 34.1 Å². The Morgan fingerprint density at radius 2 is 1.93 bits per heavy atom. The summed E-state index contributed by atoms with van der Waals surface area (Å²) in [6.45, 7) is 5.16. The number of hydrogen-bond donors (Lipinski definition) is 1. The van der Waals surface area contributed by atoms with E-state index in [2.05, 4.69) is 40.2 Å². The molecule has 3 heteroatoms. The van der Waals surface area contributed by atoms with Crippen LogP contribution in [0.5, 0.6) is 0 Å². The fraction of sp³-hybridized carbons (Fsp3) is 0.455. The molecule has 1 aliphatic rings. The molecule has 1 heterocycles. The van der Waals surface area contributed by atoms with E-state index in [4.69, 9.17) is 4.74 Å². The summed E-state index contributed by atoms with van der Waals surface area (Å²) >= 11 is 3.58. The number of halogens is 1. The van der Waals surface area contributed by atoms with Crippen LogP contribution in [0.1, 0.15) is 5.56 Å². The third-order valence-electron chi connectivity index (χ3n) is 2.60. The van der Waals surface area contributed by atoms with Crippen molar-refractivity contribution in [2.45, 2.75) is 6.54 Å². The van der Waals surface area contributed by atoms with Crippen LogP contribution >= 0.6 is 15.9 Å². The summed E-state index contributed by atoms with van der Waals surface area (Å²) in [4.78, 5) is 1.61. The van der Waals surface area contributed by atoms with Crippen LogP contribution in [0.25, 0.3) is 0 Å². The molecule has 0 saturated carbocycles. The predicted molar refractivity (Wildman–Crippen MR) is 59.4 cm³/mol. The Hall–Kier alpha value is -0.380. The lowest BCUT2D eigenvalue weighted by molar-refractivity contribution is -0.921. The maximum atomic E-state index is 5.34. The Bertz CT molecular complexity index is 297. The van der Waals surface area contributed by atoms with Gasteiger partial charge >= 0.3 is 0 Å². The highest BCUT2D eigenvalue weighted by Crippen LogP contribution is 2.14. The molecule has 1 N–H and O–H groups in total. The Morgan fingerprint density at radius 3 is 2.64 bits per heavy atom. The SMILES string of the molecule is Brc1ccccc1C[NH+]1CCOCC1. The number of hydrogen-bond acceptors (Lipinski definition) is 1. The van der Waals surface area contributed by atoms with Gasteiger partial charge in [0.05, 0.1) is 13.2 Å². The number of benzene rings is 1. The van der Waals surface area contributed by atoms with Crippen LogP contribution in [0, 0.1) is 0 Å². The number of quaternary nitrogens is 1. The van der Waals surface area contributed by atoms with Crippen molar-refractivity contribution < 1.29 is 9.64 Å². The smallest absolute Gasteiger partial charge is 0.104 e. The zero-order chi connectivity index (χ0) is 9.80. The van der Waals surface area contributed by atoms with E-state index in [9.17, 15) is 0 Å². The van der Waals surface area contributed by atoms with Gasteiger partial charge in [-0.25, -0.2) is 0 Å². The lowest BCUT2D eigenvalue weighted by Crippen LogP contribution is -3.12. The first-order chi connectivity index (χ1) is 6.86. The molecule has 0 radical (unpaired) electrons. The number of nitrogens with one attached hydrogen (secondary N) is 1. The molecule has 1 aromatic carbocycles. The normalized spacial score (nSPS) is 18.4. The molecule has 1 aliphatic heterocycles. The van der Waals surface area contributed by atoms with E-state index in [0.717, 1.165) is 32.8 Å².